The van der Waals surface area contributed by atoms with Crippen molar-refractivity contribution in [2.45, 2.75) is 33.6 Å². The number of hydrogen-bond acceptors (Lipinski definition) is 2. The van der Waals surface area contributed by atoms with Gasteiger partial charge in [-0.15, -0.1) is 0 Å². The fourth-order valence-electron chi connectivity index (χ4n) is 3.10. The lowest BCUT2D eigenvalue weighted by molar-refractivity contribution is -0.126. The van der Waals surface area contributed by atoms with Crippen LogP contribution in [0.3, 0.4) is 0 Å². The van der Waals surface area contributed by atoms with Crippen LogP contribution in [-0.2, 0) is 9.53 Å². The van der Waals surface area contributed by atoms with E-state index in [0.717, 1.165) is 35.1 Å². The van der Waals surface area contributed by atoms with Gasteiger partial charge in [0.15, 0.2) is 5.76 Å². The highest BCUT2D eigenvalue weighted by atomic mass is 16.5. The van der Waals surface area contributed by atoms with Gasteiger partial charge in [-0.1, -0.05) is 81.4 Å². The van der Waals surface area contributed by atoms with Crippen LogP contribution in [0.4, 0.5) is 0 Å². The molecule has 1 heterocycles. The molecule has 26 heavy (non-hydrogen) atoms. The third-order valence-corrected chi connectivity index (χ3v) is 4.50. The average Bonchev–Trinajstić information content (AvgIpc) is 2.66. The van der Waals surface area contributed by atoms with E-state index >= 15 is 0 Å². The van der Waals surface area contributed by atoms with Gasteiger partial charge in [0.2, 0.25) is 5.78 Å². The van der Waals surface area contributed by atoms with E-state index in [2.05, 4.69) is 30.3 Å². The molecule has 1 aliphatic rings. The first kappa shape index (κ1) is 18.2. The first-order chi connectivity index (χ1) is 12.5. The third kappa shape index (κ3) is 4.13. The van der Waals surface area contributed by atoms with E-state index in [1.807, 2.05) is 57.2 Å². The molecule has 0 saturated heterocycles. The van der Waals surface area contributed by atoms with Gasteiger partial charge >= 0.3 is 0 Å². The van der Waals surface area contributed by atoms with Crippen molar-refractivity contribution >= 4 is 17.4 Å². The molecule has 1 aliphatic heterocycles. The number of benzene rings is 2. The second kappa shape index (κ2) is 7.74. The highest BCUT2D eigenvalue weighted by Crippen LogP contribution is 2.36. The summed E-state index contributed by atoms with van der Waals surface area (Å²) in [5.74, 6) is 0.608. The Kier molecular flexibility index (Phi) is 5.41. The van der Waals surface area contributed by atoms with Crippen LogP contribution in [0.1, 0.15) is 44.7 Å². The summed E-state index contributed by atoms with van der Waals surface area (Å²) in [5.41, 5.74) is 3.85. The minimum atomic E-state index is -0.466. The number of rotatable bonds is 4. The highest BCUT2D eigenvalue weighted by Gasteiger charge is 2.31. The summed E-state index contributed by atoms with van der Waals surface area (Å²) >= 11 is 0. The molecule has 2 heteroatoms. The van der Waals surface area contributed by atoms with Crippen molar-refractivity contribution in [2.24, 2.45) is 5.41 Å². The van der Waals surface area contributed by atoms with Gasteiger partial charge in [-0.05, 0) is 35.6 Å². The summed E-state index contributed by atoms with van der Waals surface area (Å²) < 4.78 is 5.91. The van der Waals surface area contributed by atoms with E-state index in [-0.39, 0.29) is 5.78 Å². The van der Waals surface area contributed by atoms with E-state index in [4.69, 9.17) is 4.74 Å². The molecule has 0 unspecified atom stereocenters. The van der Waals surface area contributed by atoms with Crippen LogP contribution >= 0.6 is 0 Å². The standard InChI is InChI=1S/C24H26O2/c1-24(2,3)23(25)22-20(15-10-16-26-22)21(19-13-8-5-9-14-19)17-18-11-6-4-7-12-18/h4-9,11-14,17H,10,15-16H2,1-3H3. The van der Waals surface area contributed by atoms with Gasteiger partial charge in [0.25, 0.3) is 0 Å². The van der Waals surface area contributed by atoms with E-state index in [0.29, 0.717) is 12.4 Å². The van der Waals surface area contributed by atoms with Crippen LogP contribution in [-0.4, -0.2) is 12.4 Å². The molecule has 2 aromatic carbocycles. The highest BCUT2D eigenvalue weighted by molar-refractivity contribution is 6.03. The fourth-order valence-corrected chi connectivity index (χ4v) is 3.10. The Morgan fingerprint density at radius 2 is 1.58 bits per heavy atom. The predicted molar refractivity (Wildman–Crippen MR) is 107 cm³/mol. The van der Waals surface area contributed by atoms with Crippen molar-refractivity contribution in [1.82, 2.24) is 0 Å². The lowest BCUT2D eigenvalue weighted by atomic mass is 9.83. The summed E-state index contributed by atoms with van der Waals surface area (Å²) in [6.07, 6.45) is 3.94. The normalized spacial score (nSPS) is 15.6. The Balaban J connectivity index is 2.18. The maximum absolute atomic E-state index is 13.0. The molecular weight excluding hydrogens is 320 g/mol. The lowest BCUT2D eigenvalue weighted by Gasteiger charge is -2.27. The monoisotopic (exact) mass is 346 g/mol. The van der Waals surface area contributed by atoms with Crippen LogP contribution < -0.4 is 0 Å². The molecule has 0 amide bonds. The maximum Gasteiger partial charge on any atom is 0.202 e. The first-order valence-corrected chi connectivity index (χ1v) is 9.20. The van der Waals surface area contributed by atoms with E-state index < -0.39 is 5.41 Å². The number of carbonyl (C=O) groups excluding carboxylic acids is 1. The Hall–Kier alpha value is -2.61. The lowest BCUT2D eigenvalue weighted by Crippen LogP contribution is -2.26. The number of allylic oxidation sites excluding steroid dienone is 3. The van der Waals surface area contributed by atoms with Crippen molar-refractivity contribution in [3.8, 4) is 0 Å². The number of Topliss-reactive ketones (excluding diaryl/α,β-unsaturated/α-hetero) is 1. The summed E-state index contributed by atoms with van der Waals surface area (Å²) in [6, 6.07) is 20.5. The van der Waals surface area contributed by atoms with Crippen LogP contribution in [0.5, 0.6) is 0 Å². The zero-order chi connectivity index (χ0) is 18.6. The van der Waals surface area contributed by atoms with Gasteiger partial charge in [0, 0.05) is 11.0 Å². The zero-order valence-corrected chi connectivity index (χ0v) is 15.8. The Morgan fingerprint density at radius 3 is 2.19 bits per heavy atom. The molecule has 0 aliphatic carbocycles. The molecule has 134 valence electrons. The van der Waals surface area contributed by atoms with Crippen molar-refractivity contribution < 1.29 is 9.53 Å². The number of carbonyl (C=O) groups is 1. The minimum Gasteiger partial charge on any atom is -0.490 e. The minimum absolute atomic E-state index is 0.0714. The second-order valence-electron chi connectivity index (χ2n) is 7.67. The Bertz CT molecular complexity index is 822. The first-order valence-electron chi connectivity index (χ1n) is 9.20. The van der Waals surface area contributed by atoms with Gasteiger partial charge < -0.3 is 4.74 Å². The smallest absolute Gasteiger partial charge is 0.202 e. The summed E-state index contributed by atoms with van der Waals surface area (Å²) in [7, 11) is 0. The average molecular weight is 346 g/mol. The quantitative estimate of drug-likeness (QED) is 0.644. The number of hydrogen-bond donors (Lipinski definition) is 0. The maximum atomic E-state index is 13.0. The molecule has 0 spiro atoms. The molecule has 0 N–H and O–H groups in total. The fraction of sp³-hybridized carbons (Fsp3) is 0.292. The Morgan fingerprint density at radius 1 is 0.962 bits per heavy atom. The molecule has 2 nitrogen and oxygen atoms in total. The molecular formula is C24H26O2. The van der Waals surface area contributed by atoms with Crippen LogP contribution in [0.25, 0.3) is 11.6 Å². The molecule has 0 saturated carbocycles. The van der Waals surface area contributed by atoms with Gasteiger partial charge in [-0.3, -0.25) is 4.79 Å². The summed E-state index contributed by atoms with van der Waals surface area (Å²) in [6.45, 7) is 6.44. The largest absolute Gasteiger partial charge is 0.490 e. The number of ketones is 1. The molecule has 0 radical (unpaired) electrons. The Labute approximate surface area is 156 Å². The SMILES string of the molecule is CC(C)(C)C(=O)C1=C(C(=Cc2ccccc2)c2ccccc2)CCCO1. The second-order valence-corrected chi connectivity index (χ2v) is 7.67. The van der Waals surface area contributed by atoms with Crippen molar-refractivity contribution in [1.29, 1.82) is 0 Å². The molecule has 0 atom stereocenters. The molecule has 2 aromatic rings. The predicted octanol–water partition coefficient (Wildman–Crippen LogP) is 5.91. The topological polar surface area (TPSA) is 26.3 Å². The summed E-state index contributed by atoms with van der Waals surface area (Å²) in [5, 5.41) is 0. The number of ether oxygens (including phenoxy) is 1. The van der Waals surface area contributed by atoms with Crippen molar-refractivity contribution in [3.05, 3.63) is 83.1 Å². The van der Waals surface area contributed by atoms with Gasteiger partial charge in [0.1, 0.15) is 0 Å². The van der Waals surface area contributed by atoms with E-state index in [1.165, 1.54) is 0 Å². The molecule has 3 rings (SSSR count). The van der Waals surface area contributed by atoms with Gasteiger partial charge in [0.05, 0.1) is 6.61 Å². The molecule has 0 aromatic heterocycles. The molecule has 0 fully saturated rings. The van der Waals surface area contributed by atoms with Crippen LogP contribution in [0.15, 0.2) is 72.0 Å². The molecule has 0 bridgehead atoms. The van der Waals surface area contributed by atoms with Crippen molar-refractivity contribution in [2.75, 3.05) is 6.61 Å². The van der Waals surface area contributed by atoms with Crippen LogP contribution in [0, 0.1) is 5.41 Å². The van der Waals surface area contributed by atoms with Crippen LogP contribution in [0.2, 0.25) is 0 Å². The van der Waals surface area contributed by atoms with E-state index in [9.17, 15) is 4.79 Å². The zero-order valence-electron chi connectivity index (χ0n) is 15.8. The van der Waals surface area contributed by atoms with Crippen molar-refractivity contribution in [3.63, 3.8) is 0 Å². The van der Waals surface area contributed by atoms with E-state index in [1.54, 1.807) is 0 Å². The third-order valence-electron chi connectivity index (χ3n) is 4.50. The van der Waals surface area contributed by atoms with Gasteiger partial charge in [-0.25, -0.2) is 0 Å². The van der Waals surface area contributed by atoms with Gasteiger partial charge in [-0.2, -0.15) is 0 Å². The summed E-state index contributed by atoms with van der Waals surface area (Å²) in [4.78, 5) is 13.0.